The number of nitrogens with zero attached hydrogens (tertiary/aromatic N) is 3. The Kier molecular flexibility index (Phi) is 5.87. The van der Waals surface area contributed by atoms with E-state index in [4.69, 9.17) is 4.74 Å². The highest BCUT2D eigenvalue weighted by Crippen LogP contribution is 2.27. The molecule has 1 unspecified atom stereocenters. The Balaban J connectivity index is 1.36. The molecule has 3 heterocycles. The number of morpholine rings is 1. The Morgan fingerprint density at radius 2 is 2.00 bits per heavy atom. The average Bonchev–Trinajstić information content (AvgIpc) is 3.10. The first-order valence-corrected chi connectivity index (χ1v) is 10.00. The van der Waals surface area contributed by atoms with Gasteiger partial charge in [-0.25, -0.2) is 9.89 Å². The molecule has 0 radical (unpaired) electrons. The maximum atomic E-state index is 12.6. The third kappa shape index (κ3) is 4.34. The molecule has 28 heavy (non-hydrogen) atoms. The Morgan fingerprint density at radius 3 is 2.71 bits per heavy atom. The van der Waals surface area contributed by atoms with Gasteiger partial charge < -0.3 is 15.0 Å². The summed E-state index contributed by atoms with van der Waals surface area (Å²) in [5, 5.41) is 10.1. The minimum Gasteiger partial charge on any atom is -0.375 e. The lowest BCUT2D eigenvalue weighted by molar-refractivity contribution is -0.135. The number of benzene rings is 1. The highest BCUT2D eigenvalue weighted by Gasteiger charge is 2.29. The Hall–Kier alpha value is -2.45. The third-order valence-electron chi connectivity index (χ3n) is 5.59. The first-order valence-electron chi connectivity index (χ1n) is 10.00. The predicted octanol–water partition coefficient (Wildman–Crippen LogP) is 0.704. The van der Waals surface area contributed by atoms with Crippen LogP contribution >= 0.6 is 0 Å². The summed E-state index contributed by atoms with van der Waals surface area (Å²) in [6, 6.07) is 9.91. The molecule has 2 N–H and O–H groups in total. The molecular formula is C20H27N5O3. The summed E-state index contributed by atoms with van der Waals surface area (Å²) in [7, 11) is 0. The molecule has 2 aliphatic rings. The van der Waals surface area contributed by atoms with Crippen LogP contribution in [0.1, 0.15) is 36.6 Å². The summed E-state index contributed by atoms with van der Waals surface area (Å²) >= 11 is 0. The lowest BCUT2D eigenvalue weighted by Gasteiger charge is -2.33. The summed E-state index contributed by atoms with van der Waals surface area (Å²) in [5.41, 5.74) is 0.889. The van der Waals surface area contributed by atoms with Gasteiger partial charge in [0, 0.05) is 32.1 Å². The van der Waals surface area contributed by atoms with Crippen LogP contribution in [0.15, 0.2) is 35.1 Å². The number of aromatic amines is 1. The van der Waals surface area contributed by atoms with Gasteiger partial charge in [-0.15, -0.1) is 0 Å². The maximum Gasteiger partial charge on any atom is 0.343 e. The van der Waals surface area contributed by atoms with Crippen LogP contribution in [0.4, 0.5) is 0 Å². The number of likely N-dealkylation sites (tertiary alicyclic amines) is 1. The Labute approximate surface area is 163 Å². The molecule has 0 aliphatic carbocycles. The van der Waals surface area contributed by atoms with Gasteiger partial charge in [0.2, 0.25) is 5.91 Å². The van der Waals surface area contributed by atoms with E-state index in [9.17, 15) is 9.59 Å². The lowest BCUT2D eigenvalue weighted by Crippen LogP contribution is -2.44. The first-order chi connectivity index (χ1) is 13.7. The van der Waals surface area contributed by atoms with Gasteiger partial charge in [0.25, 0.3) is 0 Å². The van der Waals surface area contributed by atoms with Crippen LogP contribution in [-0.2, 0) is 16.1 Å². The van der Waals surface area contributed by atoms with Crippen molar-refractivity contribution in [1.82, 2.24) is 25.0 Å². The second-order valence-corrected chi connectivity index (χ2v) is 7.51. The summed E-state index contributed by atoms with van der Waals surface area (Å²) in [6.45, 7) is 4.15. The van der Waals surface area contributed by atoms with Gasteiger partial charge in [-0.1, -0.05) is 30.3 Å². The van der Waals surface area contributed by atoms with Crippen molar-refractivity contribution in [2.75, 3.05) is 32.8 Å². The second-order valence-electron chi connectivity index (χ2n) is 7.51. The summed E-state index contributed by atoms with van der Waals surface area (Å²) in [6.07, 6.45) is 2.03. The van der Waals surface area contributed by atoms with E-state index in [1.165, 1.54) is 0 Å². The maximum absolute atomic E-state index is 12.6. The molecule has 8 nitrogen and oxygen atoms in total. The standard InChI is InChI=1S/C20H27N5O3/c26-18(12-17-13-21-8-11-28-17)24-9-6-16(7-10-24)19-22-23-20(27)25(19)14-15-4-2-1-3-5-15/h1-5,16-17,21H,6-14H2,(H,23,27). The number of amides is 1. The molecule has 1 amide bonds. The van der Waals surface area contributed by atoms with Crippen molar-refractivity contribution in [2.45, 2.75) is 37.8 Å². The quantitative estimate of drug-likeness (QED) is 0.791. The van der Waals surface area contributed by atoms with Gasteiger partial charge in [0.15, 0.2) is 0 Å². The van der Waals surface area contributed by atoms with Crippen LogP contribution in [0, 0.1) is 0 Å². The van der Waals surface area contributed by atoms with Gasteiger partial charge in [0.1, 0.15) is 5.82 Å². The van der Waals surface area contributed by atoms with Crippen LogP contribution in [0.3, 0.4) is 0 Å². The summed E-state index contributed by atoms with van der Waals surface area (Å²) < 4.78 is 7.36. The van der Waals surface area contributed by atoms with Crippen LogP contribution in [0.2, 0.25) is 0 Å². The number of piperidine rings is 1. The van der Waals surface area contributed by atoms with Gasteiger partial charge in [-0.05, 0) is 18.4 Å². The van der Waals surface area contributed by atoms with Gasteiger partial charge in [0.05, 0.1) is 25.7 Å². The van der Waals surface area contributed by atoms with E-state index in [0.29, 0.717) is 32.7 Å². The molecule has 0 bridgehead atoms. The van der Waals surface area contributed by atoms with Crippen LogP contribution in [0.25, 0.3) is 0 Å². The Bertz CT molecular complexity index is 833. The van der Waals surface area contributed by atoms with Gasteiger partial charge >= 0.3 is 5.69 Å². The molecule has 2 aromatic rings. The van der Waals surface area contributed by atoms with Gasteiger partial charge in [-0.2, -0.15) is 5.10 Å². The molecule has 4 rings (SSSR count). The number of hydrogen-bond donors (Lipinski definition) is 2. The van der Waals surface area contributed by atoms with E-state index >= 15 is 0 Å². The molecule has 2 aliphatic heterocycles. The fraction of sp³-hybridized carbons (Fsp3) is 0.550. The average molecular weight is 385 g/mol. The minimum absolute atomic E-state index is 0.0265. The number of rotatable bonds is 5. The smallest absolute Gasteiger partial charge is 0.343 e. The summed E-state index contributed by atoms with van der Waals surface area (Å²) in [5.74, 6) is 1.12. The zero-order valence-corrected chi connectivity index (χ0v) is 16.0. The zero-order chi connectivity index (χ0) is 19.3. The van der Waals surface area contributed by atoms with E-state index < -0.39 is 0 Å². The summed E-state index contributed by atoms with van der Waals surface area (Å²) in [4.78, 5) is 26.7. The number of hydrogen-bond acceptors (Lipinski definition) is 5. The second kappa shape index (κ2) is 8.70. The zero-order valence-electron chi connectivity index (χ0n) is 16.0. The normalized spacial score (nSPS) is 21.0. The van der Waals surface area contributed by atoms with Crippen LogP contribution in [-0.4, -0.2) is 64.5 Å². The van der Waals surface area contributed by atoms with E-state index in [-0.39, 0.29) is 23.6 Å². The van der Waals surface area contributed by atoms with Crippen molar-refractivity contribution in [3.63, 3.8) is 0 Å². The minimum atomic E-state index is -0.181. The molecule has 2 saturated heterocycles. The number of carbonyl (C=O) groups excluding carboxylic acids is 1. The molecule has 1 atom stereocenters. The van der Waals surface area contributed by atoms with E-state index in [1.54, 1.807) is 4.57 Å². The largest absolute Gasteiger partial charge is 0.375 e. The van der Waals surface area contributed by atoms with E-state index in [0.717, 1.165) is 37.3 Å². The third-order valence-corrected chi connectivity index (χ3v) is 5.59. The number of aromatic nitrogens is 3. The fourth-order valence-electron chi connectivity index (χ4n) is 4.02. The van der Waals surface area contributed by atoms with Crippen molar-refractivity contribution in [3.8, 4) is 0 Å². The molecule has 8 heteroatoms. The van der Waals surface area contributed by atoms with E-state index in [1.807, 2.05) is 35.2 Å². The van der Waals surface area contributed by atoms with Crippen molar-refractivity contribution in [3.05, 3.63) is 52.2 Å². The molecule has 0 spiro atoms. The lowest BCUT2D eigenvalue weighted by atomic mass is 9.95. The molecular weight excluding hydrogens is 358 g/mol. The highest BCUT2D eigenvalue weighted by atomic mass is 16.5. The monoisotopic (exact) mass is 385 g/mol. The molecule has 150 valence electrons. The molecule has 1 aromatic carbocycles. The Morgan fingerprint density at radius 1 is 1.21 bits per heavy atom. The predicted molar refractivity (Wildman–Crippen MR) is 104 cm³/mol. The number of H-pyrrole nitrogens is 1. The molecule has 1 aromatic heterocycles. The highest BCUT2D eigenvalue weighted by molar-refractivity contribution is 5.76. The molecule has 2 fully saturated rings. The first kappa shape index (κ1) is 18.9. The van der Waals surface area contributed by atoms with Crippen LogP contribution in [0.5, 0.6) is 0 Å². The van der Waals surface area contributed by atoms with Gasteiger partial charge in [-0.3, -0.25) is 9.36 Å². The van der Waals surface area contributed by atoms with Crippen molar-refractivity contribution < 1.29 is 9.53 Å². The van der Waals surface area contributed by atoms with Crippen LogP contribution < -0.4 is 11.0 Å². The number of nitrogens with one attached hydrogen (secondary N) is 2. The topological polar surface area (TPSA) is 92.2 Å². The van der Waals surface area contributed by atoms with E-state index in [2.05, 4.69) is 15.5 Å². The van der Waals surface area contributed by atoms with Crippen molar-refractivity contribution in [1.29, 1.82) is 0 Å². The fourth-order valence-corrected chi connectivity index (χ4v) is 4.02. The molecule has 0 saturated carbocycles. The number of carbonyl (C=O) groups is 1. The SMILES string of the molecule is O=C(CC1CNCCO1)N1CCC(c2n[nH]c(=O)n2Cc2ccccc2)CC1. The van der Waals surface area contributed by atoms with Crippen molar-refractivity contribution >= 4 is 5.91 Å². The number of ether oxygens (including phenoxy) is 1. The van der Waals surface area contributed by atoms with Crippen molar-refractivity contribution in [2.24, 2.45) is 0 Å².